The van der Waals surface area contributed by atoms with Crippen LogP contribution >= 0.6 is 31.9 Å². The summed E-state index contributed by atoms with van der Waals surface area (Å²) in [7, 11) is 0. The molecule has 0 saturated carbocycles. The first-order chi connectivity index (χ1) is 14.3. The number of halogens is 5. The van der Waals surface area contributed by atoms with Gasteiger partial charge in [-0.15, -0.1) is 0 Å². The normalized spacial score (nSPS) is 11.4. The summed E-state index contributed by atoms with van der Waals surface area (Å²) >= 11 is 6.58. The number of anilines is 2. The Kier molecular flexibility index (Phi) is 8.35. The zero-order chi connectivity index (χ0) is 23.3. The third-order valence-electron chi connectivity index (χ3n) is 3.75. The predicted octanol–water partition coefficient (Wildman–Crippen LogP) is 6.04. The van der Waals surface area contributed by atoms with Gasteiger partial charge in [-0.05, 0) is 81.6 Å². The smallest absolute Gasteiger partial charge is 0.416 e. The summed E-state index contributed by atoms with van der Waals surface area (Å²) in [4.78, 5) is 22.2. The number of carboxylic acids is 1. The number of hydrogen-bond donors (Lipinski definition) is 3. The molecule has 0 aliphatic carbocycles. The van der Waals surface area contributed by atoms with E-state index < -0.39 is 30.0 Å². The number of nitrogens with one attached hydrogen (secondary N) is 2. The number of benzene rings is 2. The van der Waals surface area contributed by atoms with Crippen molar-refractivity contribution in [2.45, 2.75) is 39.1 Å². The van der Waals surface area contributed by atoms with E-state index in [2.05, 4.69) is 42.5 Å². The molecule has 3 N–H and O–H groups in total. The fourth-order valence-corrected chi connectivity index (χ4v) is 4.04. The minimum atomic E-state index is -4.50. The van der Waals surface area contributed by atoms with Crippen LogP contribution in [0.15, 0.2) is 39.3 Å². The third kappa shape index (κ3) is 7.73. The molecule has 11 heteroatoms. The van der Waals surface area contributed by atoms with Gasteiger partial charge in [0.05, 0.1) is 14.5 Å². The molecule has 2 rings (SSSR count). The number of carbonyl (C=O) groups excluding carboxylic acids is 1. The monoisotopic (exact) mass is 566 g/mol. The van der Waals surface area contributed by atoms with Gasteiger partial charge in [-0.25, -0.2) is 0 Å². The molecule has 168 valence electrons. The Morgan fingerprint density at radius 2 is 1.68 bits per heavy atom. The van der Waals surface area contributed by atoms with Crippen LogP contribution in [0.2, 0.25) is 0 Å². The van der Waals surface area contributed by atoms with E-state index in [1.165, 1.54) is 12.1 Å². The van der Waals surface area contributed by atoms with Crippen LogP contribution < -0.4 is 15.4 Å². The van der Waals surface area contributed by atoms with Gasteiger partial charge >= 0.3 is 12.1 Å². The van der Waals surface area contributed by atoms with E-state index in [9.17, 15) is 22.8 Å². The number of amides is 1. The molecule has 0 saturated heterocycles. The van der Waals surface area contributed by atoms with Gasteiger partial charge in [0, 0.05) is 17.4 Å². The van der Waals surface area contributed by atoms with Crippen LogP contribution in [0.5, 0.6) is 5.75 Å². The summed E-state index contributed by atoms with van der Waals surface area (Å²) in [6.45, 7) is 3.50. The molecule has 0 bridgehead atoms. The van der Waals surface area contributed by atoms with E-state index in [-0.39, 0.29) is 12.6 Å². The molecule has 1 amide bonds. The van der Waals surface area contributed by atoms with Crippen molar-refractivity contribution in [3.05, 3.63) is 50.4 Å². The van der Waals surface area contributed by atoms with Crippen LogP contribution in [0.1, 0.15) is 31.4 Å². The summed E-state index contributed by atoms with van der Waals surface area (Å²) in [5.74, 6) is -1.65. The molecule has 0 atom stereocenters. The van der Waals surface area contributed by atoms with Crippen molar-refractivity contribution in [1.29, 1.82) is 0 Å². The van der Waals surface area contributed by atoms with E-state index in [1.54, 1.807) is 6.07 Å². The Balaban J connectivity index is 2.22. The number of carbonyl (C=O) groups is 2. The standard InChI is InChI=1S/C20H19Br2F3N2O4/c1-10(2)26-13-4-11(3-12(5-13)20(23,24)25)9-31-19-15(21)6-14(7-16(19)22)27-17(28)8-18(29)30/h3-7,10,26H,8-9H2,1-2H3,(H,27,28)(H,29,30). The molecule has 0 aliphatic rings. The van der Waals surface area contributed by atoms with Crippen LogP contribution in [-0.2, 0) is 22.4 Å². The summed E-state index contributed by atoms with van der Waals surface area (Å²) in [6, 6.07) is 6.59. The summed E-state index contributed by atoms with van der Waals surface area (Å²) in [6.07, 6.45) is -5.18. The first-order valence-electron chi connectivity index (χ1n) is 8.96. The van der Waals surface area contributed by atoms with Crippen molar-refractivity contribution in [3.63, 3.8) is 0 Å². The molecule has 0 radical (unpaired) electrons. The van der Waals surface area contributed by atoms with E-state index >= 15 is 0 Å². The molecular formula is C20H19Br2F3N2O4. The van der Waals surface area contributed by atoms with Gasteiger partial charge in [-0.2, -0.15) is 13.2 Å². The highest BCUT2D eigenvalue weighted by molar-refractivity contribution is 9.11. The van der Waals surface area contributed by atoms with Gasteiger partial charge in [0.1, 0.15) is 18.8 Å². The average molecular weight is 568 g/mol. The van der Waals surface area contributed by atoms with Crippen molar-refractivity contribution < 1.29 is 32.6 Å². The maximum atomic E-state index is 13.2. The fourth-order valence-electron chi connectivity index (χ4n) is 2.62. The van der Waals surface area contributed by atoms with Crippen LogP contribution in [0.4, 0.5) is 24.5 Å². The molecule has 2 aromatic carbocycles. The van der Waals surface area contributed by atoms with Crippen molar-refractivity contribution in [1.82, 2.24) is 0 Å². The zero-order valence-electron chi connectivity index (χ0n) is 16.4. The van der Waals surface area contributed by atoms with Gasteiger partial charge < -0.3 is 20.5 Å². The zero-order valence-corrected chi connectivity index (χ0v) is 19.6. The molecule has 0 aromatic heterocycles. The number of carboxylic acid groups (broad SMARTS) is 1. The van der Waals surface area contributed by atoms with Crippen LogP contribution in [0, 0.1) is 0 Å². The molecule has 31 heavy (non-hydrogen) atoms. The quantitative estimate of drug-likeness (QED) is 0.338. The summed E-state index contributed by atoms with van der Waals surface area (Å²) in [5.41, 5.74) is 0.180. The van der Waals surface area contributed by atoms with Gasteiger partial charge in [0.2, 0.25) is 5.91 Å². The largest absolute Gasteiger partial charge is 0.487 e. The molecule has 0 fully saturated rings. The van der Waals surface area contributed by atoms with Crippen LogP contribution in [0.3, 0.4) is 0 Å². The SMILES string of the molecule is CC(C)Nc1cc(COc2c(Br)cc(NC(=O)CC(=O)O)cc2Br)cc(C(F)(F)F)c1. The Labute approximate surface area is 193 Å². The van der Waals surface area contributed by atoms with Gasteiger partial charge in [0.25, 0.3) is 0 Å². The predicted molar refractivity (Wildman–Crippen MR) is 117 cm³/mol. The highest BCUT2D eigenvalue weighted by Gasteiger charge is 2.31. The second kappa shape index (κ2) is 10.4. The molecule has 0 heterocycles. The lowest BCUT2D eigenvalue weighted by atomic mass is 10.1. The summed E-state index contributed by atoms with van der Waals surface area (Å²) in [5, 5.41) is 14.1. The Bertz CT molecular complexity index is 958. The minimum Gasteiger partial charge on any atom is -0.487 e. The second-order valence-corrected chi connectivity index (χ2v) is 8.60. The highest BCUT2D eigenvalue weighted by atomic mass is 79.9. The summed E-state index contributed by atoms with van der Waals surface area (Å²) < 4.78 is 46.3. The van der Waals surface area contributed by atoms with E-state index in [0.29, 0.717) is 31.6 Å². The molecule has 6 nitrogen and oxygen atoms in total. The Hall–Kier alpha value is -2.27. The van der Waals surface area contributed by atoms with Crippen LogP contribution in [-0.4, -0.2) is 23.0 Å². The Morgan fingerprint density at radius 3 is 2.19 bits per heavy atom. The number of hydrogen-bond acceptors (Lipinski definition) is 4. The maximum absolute atomic E-state index is 13.2. The average Bonchev–Trinajstić information content (AvgIpc) is 2.58. The molecule has 0 unspecified atom stereocenters. The van der Waals surface area contributed by atoms with Crippen LogP contribution in [0.25, 0.3) is 0 Å². The van der Waals surface area contributed by atoms with Crippen molar-refractivity contribution in [3.8, 4) is 5.75 Å². The second-order valence-electron chi connectivity index (χ2n) is 6.89. The van der Waals surface area contributed by atoms with E-state index in [1.807, 2.05) is 13.8 Å². The van der Waals surface area contributed by atoms with Crippen molar-refractivity contribution in [2.75, 3.05) is 10.6 Å². The lowest BCUT2D eigenvalue weighted by Gasteiger charge is -2.17. The number of alkyl halides is 3. The molecule has 2 aromatic rings. The van der Waals surface area contributed by atoms with E-state index in [0.717, 1.165) is 12.1 Å². The molecule has 0 aliphatic heterocycles. The van der Waals surface area contributed by atoms with Gasteiger partial charge in [-0.1, -0.05) is 0 Å². The highest BCUT2D eigenvalue weighted by Crippen LogP contribution is 2.38. The van der Waals surface area contributed by atoms with Crippen molar-refractivity contribution in [2.24, 2.45) is 0 Å². The number of rotatable bonds is 8. The molecular weight excluding hydrogens is 549 g/mol. The van der Waals surface area contributed by atoms with E-state index in [4.69, 9.17) is 9.84 Å². The third-order valence-corrected chi connectivity index (χ3v) is 4.93. The minimum absolute atomic E-state index is 0.0515. The molecule has 0 spiro atoms. The van der Waals surface area contributed by atoms with Crippen molar-refractivity contribution >= 4 is 55.1 Å². The lowest BCUT2D eigenvalue weighted by Crippen LogP contribution is -2.16. The van der Waals surface area contributed by atoms with Gasteiger partial charge in [0.15, 0.2) is 0 Å². The topological polar surface area (TPSA) is 87.7 Å². The number of aliphatic carboxylic acids is 1. The number of ether oxygens (including phenoxy) is 1. The first-order valence-corrected chi connectivity index (χ1v) is 10.5. The lowest BCUT2D eigenvalue weighted by molar-refractivity contribution is -0.140. The Morgan fingerprint density at radius 1 is 1.06 bits per heavy atom. The fraction of sp³-hybridized carbons (Fsp3) is 0.300. The van der Waals surface area contributed by atoms with Gasteiger partial charge in [-0.3, -0.25) is 9.59 Å². The maximum Gasteiger partial charge on any atom is 0.416 e. The first kappa shape index (κ1) is 25.0.